The van der Waals surface area contributed by atoms with E-state index < -0.39 is 28.3 Å². The van der Waals surface area contributed by atoms with Crippen LogP contribution in [-0.2, 0) is 14.8 Å². The zero-order valence-electron chi connectivity index (χ0n) is 18.4. The van der Waals surface area contributed by atoms with Gasteiger partial charge in [0.25, 0.3) is 10.0 Å². The lowest BCUT2D eigenvalue weighted by Crippen LogP contribution is -2.38. The minimum atomic E-state index is -4.28. The molecule has 1 amide bonds. The average molecular weight is 501 g/mol. The quantitative estimate of drug-likeness (QED) is 0.554. The van der Waals surface area contributed by atoms with Crippen LogP contribution < -0.4 is 28.6 Å². The van der Waals surface area contributed by atoms with Crippen LogP contribution in [0.2, 0.25) is 0 Å². The number of halogens is 1. The normalized spacial score (nSPS) is 14.2. The SMILES string of the molecule is O=C(CN(c1cccc(F)c1)S(=O)(=O)c1ccc2c(c1)OCCO2)Nc1ccc2c(c1)OCCO2. The van der Waals surface area contributed by atoms with Gasteiger partial charge in [-0.25, -0.2) is 12.8 Å². The van der Waals surface area contributed by atoms with E-state index in [9.17, 15) is 17.6 Å². The number of ether oxygens (including phenoxy) is 4. The highest BCUT2D eigenvalue weighted by Crippen LogP contribution is 2.35. The number of carbonyl (C=O) groups is 1. The maximum Gasteiger partial charge on any atom is 0.264 e. The maximum absolute atomic E-state index is 14.0. The smallest absolute Gasteiger partial charge is 0.264 e. The zero-order valence-corrected chi connectivity index (χ0v) is 19.2. The molecule has 0 aromatic heterocycles. The Morgan fingerprint density at radius 3 is 2.14 bits per heavy atom. The van der Waals surface area contributed by atoms with Gasteiger partial charge in [-0.1, -0.05) is 6.07 Å². The minimum absolute atomic E-state index is 0.00258. The lowest BCUT2D eigenvalue weighted by molar-refractivity contribution is -0.114. The van der Waals surface area contributed by atoms with Crippen LogP contribution in [-0.4, -0.2) is 47.3 Å². The number of benzene rings is 3. The van der Waals surface area contributed by atoms with E-state index in [1.54, 1.807) is 18.2 Å². The zero-order chi connectivity index (χ0) is 24.4. The van der Waals surface area contributed by atoms with E-state index in [-0.39, 0.29) is 22.9 Å². The number of amides is 1. The third-order valence-corrected chi connectivity index (χ3v) is 7.08. The molecular weight excluding hydrogens is 479 g/mol. The second-order valence-corrected chi connectivity index (χ2v) is 9.57. The fourth-order valence-electron chi connectivity index (χ4n) is 3.71. The highest BCUT2D eigenvalue weighted by Gasteiger charge is 2.29. The molecule has 182 valence electrons. The Balaban J connectivity index is 1.44. The van der Waals surface area contributed by atoms with Gasteiger partial charge in [-0.2, -0.15) is 0 Å². The highest BCUT2D eigenvalue weighted by molar-refractivity contribution is 7.92. The highest BCUT2D eigenvalue weighted by atomic mass is 32.2. The van der Waals surface area contributed by atoms with E-state index in [4.69, 9.17) is 18.9 Å². The van der Waals surface area contributed by atoms with Crippen LogP contribution in [0.15, 0.2) is 65.6 Å². The maximum atomic E-state index is 14.0. The fraction of sp³-hybridized carbons (Fsp3) is 0.208. The molecule has 0 fully saturated rings. The van der Waals surface area contributed by atoms with Crippen LogP contribution in [0.5, 0.6) is 23.0 Å². The Bertz CT molecular complexity index is 1380. The van der Waals surface area contributed by atoms with Gasteiger partial charge in [0.15, 0.2) is 23.0 Å². The summed E-state index contributed by atoms with van der Waals surface area (Å²) < 4.78 is 64.0. The van der Waals surface area contributed by atoms with Gasteiger partial charge >= 0.3 is 0 Å². The van der Waals surface area contributed by atoms with Crippen molar-refractivity contribution in [3.05, 3.63) is 66.5 Å². The van der Waals surface area contributed by atoms with Gasteiger partial charge < -0.3 is 24.3 Å². The van der Waals surface area contributed by atoms with E-state index in [1.165, 1.54) is 36.4 Å². The number of carbonyl (C=O) groups excluding carboxylic acids is 1. The summed E-state index contributed by atoms with van der Waals surface area (Å²) in [6.07, 6.45) is 0. The summed E-state index contributed by atoms with van der Waals surface area (Å²) in [6.45, 7) is 0.843. The molecule has 0 atom stereocenters. The number of hydrogen-bond donors (Lipinski definition) is 1. The van der Waals surface area contributed by atoms with Gasteiger partial charge in [0.05, 0.1) is 10.6 Å². The monoisotopic (exact) mass is 500 g/mol. The molecule has 1 N–H and O–H groups in total. The average Bonchev–Trinajstić information content (AvgIpc) is 2.87. The Labute approximate surface area is 201 Å². The van der Waals surface area contributed by atoms with Crippen molar-refractivity contribution >= 4 is 27.3 Å². The summed E-state index contributed by atoms with van der Waals surface area (Å²) in [5.41, 5.74) is 0.396. The van der Waals surface area contributed by atoms with Crippen molar-refractivity contribution in [3.8, 4) is 23.0 Å². The number of sulfonamides is 1. The Kier molecular flexibility index (Phi) is 6.08. The summed E-state index contributed by atoms with van der Waals surface area (Å²) in [7, 11) is -4.28. The van der Waals surface area contributed by atoms with Crippen molar-refractivity contribution in [1.29, 1.82) is 0 Å². The molecule has 35 heavy (non-hydrogen) atoms. The van der Waals surface area contributed by atoms with Crippen molar-refractivity contribution in [3.63, 3.8) is 0 Å². The molecule has 0 bridgehead atoms. The summed E-state index contributed by atoms with van der Waals surface area (Å²) in [4.78, 5) is 12.8. The molecule has 2 aliphatic heterocycles. The Hall–Kier alpha value is -3.99. The molecular formula is C24H21FN2O7S. The minimum Gasteiger partial charge on any atom is -0.486 e. The van der Waals surface area contributed by atoms with Gasteiger partial charge in [0.2, 0.25) is 5.91 Å². The van der Waals surface area contributed by atoms with E-state index in [0.717, 1.165) is 10.4 Å². The molecule has 2 heterocycles. The second-order valence-electron chi connectivity index (χ2n) is 7.70. The first kappa shape index (κ1) is 22.8. The first-order valence-corrected chi connectivity index (χ1v) is 12.2. The number of rotatable bonds is 6. The Morgan fingerprint density at radius 1 is 0.829 bits per heavy atom. The first-order chi connectivity index (χ1) is 16.9. The van der Waals surface area contributed by atoms with Gasteiger partial charge in [-0.3, -0.25) is 9.10 Å². The fourth-order valence-corrected chi connectivity index (χ4v) is 5.14. The van der Waals surface area contributed by atoms with Gasteiger partial charge in [0.1, 0.15) is 38.8 Å². The lowest BCUT2D eigenvalue weighted by Gasteiger charge is -2.25. The first-order valence-electron chi connectivity index (χ1n) is 10.8. The van der Waals surface area contributed by atoms with Crippen molar-refractivity contribution < 1.29 is 36.6 Å². The summed E-state index contributed by atoms with van der Waals surface area (Å²) >= 11 is 0. The van der Waals surface area contributed by atoms with Crippen molar-refractivity contribution in [1.82, 2.24) is 0 Å². The van der Waals surface area contributed by atoms with Crippen LogP contribution in [0, 0.1) is 5.82 Å². The third-order valence-electron chi connectivity index (χ3n) is 5.31. The van der Waals surface area contributed by atoms with Crippen LogP contribution in [0.1, 0.15) is 0 Å². The van der Waals surface area contributed by atoms with Crippen LogP contribution in [0.4, 0.5) is 15.8 Å². The third kappa shape index (κ3) is 4.80. The van der Waals surface area contributed by atoms with Gasteiger partial charge in [0, 0.05) is 17.8 Å². The van der Waals surface area contributed by atoms with Gasteiger partial charge in [-0.15, -0.1) is 0 Å². The molecule has 0 aliphatic carbocycles. The summed E-state index contributed by atoms with van der Waals surface area (Å²) in [5.74, 6) is 0.446. The summed E-state index contributed by atoms with van der Waals surface area (Å²) in [5, 5.41) is 2.66. The number of anilines is 2. The molecule has 0 spiro atoms. The lowest BCUT2D eigenvalue weighted by atomic mass is 10.2. The van der Waals surface area contributed by atoms with Gasteiger partial charge in [-0.05, 0) is 42.5 Å². The molecule has 0 radical (unpaired) electrons. The molecule has 9 nitrogen and oxygen atoms in total. The topological polar surface area (TPSA) is 103 Å². The van der Waals surface area contributed by atoms with E-state index in [1.807, 2.05) is 0 Å². The molecule has 0 saturated heterocycles. The molecule has 3 aromatic rings. The van der Waals surface area contributed by atoms with Crippen molar-refractivity contribution in [2.24, 2.45) is 0 Å². The van der Waals surface area contributed by atoms with Crippen LogP contribution >= 0.6 is 0 Å². The molecule has 2 aliphatic rings. The second kappa shape index (κ2) is 9.34. The predicted molar refractivity (Wildman–Crippen MR) is 124 cm³/mol. The van der Waals surface area contributed by atoms with E-state index in [0.29, 0.717) is 42.8 Å². The molecule has 5 rings (SSSR count). The Morgan fingerprint density at radius 2 is 1.46 bits per heavy atom. The number of nitrogens with one attached hydrogen (secondary N) is 1. The van der Waals surface area contributed by atoms with E-state index >= 15 is 0 Å². The molecule has 0 unspecified atom stereocenters. The summed E-state index contributed by atoms with van der Waals surface area (Å²) in [6, 6.07) is 14.1. The molecule has 11 heteroatoms. The largest absolute Gasteiger partial charge is 0.486 e. The number of fused-ring (bicyclic) bond motifs is 2. The molecule has 3 aromatic carbocycles. The number of nitrogens with zero attached hydrogens (tertiary/aromatic N) is 1. The predicted octanol–water partition coefficient (Wildman–Crippen LogP) is 3.20. The van der Waals surface area contributed by atoms with Crippen LogP contribution in [0.3, 0.4) is 0 Å². The standard InChI is InChI=1S/C24H21FN2O7S/c25-16-2-1-3-18(12-16)27(35(29,30)19-5-7-21-23(14-19)34-11-9-32-21)15-24(28)26-17-4-6-20-22(13-17)33-10-8-31-20/h1-7,12-14H,8-11,15H2,(H,26,28). The number of hydrogen-bond acceptors (Lipinski definition) is 7. The van der Waals surface area contributed by atoms with Crippen molar-refractivity contribution in [2.75, 3.05) is 42.6 Å². The van der Waals surface area contributed by atoms with E-state index in [2.05, 4.69) is 5.32 Å². The molecule has 0 saturated carbocycles. The van der Waals surface area contributed by atoms with Crippen molar-refractivity contribution in [2.45, 2.75) is 4.90 Å². The van der Waals surface area contributed by atoms with Crippen LogP contribution in [0.25, 0.3) is 0 Å².